The zero-order chi connectivity index (χ0) is 12.3. The molecule has 1 aromatic heterocycles. The highest BCUT2D eigenvalue weighted by molar-refractivity contribution is 5.34. The average Bonchev–Trinajstić information content (AvgIpc) is 2.29. The van der Waals surface area contributed by atoms with Crippen molar-refractivity contribution in [2.75, 3.05) is 0 Å². The van der Waals surface area contributed by atoms with E-state index in [-0.39, 0.29) is 5.75 Å². The van der Waals surface area contributed by atoms with Gasteiger partial charge < -0.3 is 4.74 Å². The molecular formula is C12H8F3NO. The van der Waals surface area contributed by atoms with Crippen LogP contribution in [-0.2, 0) is 6.18 Å². The molecule has 0 saturated carbocycles. The zero-order valence-corrected chi connectivity index (χ0v) is 8.61. The smallest absolute Gasteiger partial charge is 0.416 e. The van der Waals surface area contributed by atoms with Crippen molar-refractivity contribution in [3.05, 3.63) is 54.4 Å². The first kappa shape index (κ1) is 11.4. The summed E-state index contributed by atoms with van der Waals surface area (Å²) in [4.78, 5) is 3.78. The first-order valence-electron chi connectivity index (χ1n) is 4.81. The third-order valence-electron chi connectivity index (χ3n) is 2.05. The van der Waals surface area contributed by atoms with Crippen molar-refractivity contribution in [3.8, 4) is 11.5 Å². The van der Waals surface area contributed by atoms with E-state index in [1.807, 2.05) is 0 Å². The van der Waals surface area contributed by atoms with Gasteiger partial charge in [0.2, 0.25) is 0 Å². The molecule has 0 unspecified atom stereocenters. The average molecular weight is 239 g/mol. The maximum atomic E-state index is 12.4. The second-order valence-corrected chi connectivity index (χ2v) is 3.31. The van der Waals surface area contributed by atoms with Gasteiger partial charge in [0.05, 0.1) is 5.56 Å². The number of hydrogen-bond donors (Lipinski definition) is 0. The van der Waals surface area contributed by atoms with Crippen molar-refractivity contribution >= 4 is 0 Å². The highest BCUT2D eigenvalue weighted by atomic mass is 19.4. The Labute approximate surface area is 95.7 Å². The molecule has 2 aromatic rings. The van der Waals surface area contributed by atoms with E-state index in [0.717, 1.165) is 12.1 Å². The third kappa shape index (κ3) is 2.96. The molecule has 1 aromatic carbocycles. The van der Waals surface area contributed by atoms with E-state index in [1.165, 1.54) is 24.5 Å². The van der Waals surface area contributed by atoms with E-state index in [0.29, 0.717) is 5.75 Å². The Balaban J connectivity index is 2.23. The summed E-state index contributed by atoms with van der Waals surface area (Å²) in [7, 11) is 0. The van der Waals surface area contributed by atoms with Crippen molar-refractivity contribution in [1.82, 2.24) is 4.98 Å². The number of rotatable bonds is 2. The lowest BCUT2D eigenvalue weighted by atomic mass is 10.2. The van der Waals surface area contributed by atoms with E-state index < -0.39 is 11.7 Å². The maximum Gasteiger partial charge on any atom is 0.416 e. The molecule has 0 radical (unpaired) electrons. The molecule has 0 bridgehead atoms. The number of alkyl halides is 3. The van der Waals surface area contributed by atoms with E-state index in [1.54, 1.807) is 12.1 Å². The molecule has 0 saturated heterocycles. The minimum atomic E-state index is -4.36. The Kier molecular flexibility index (Phi) is 2.99. The van der Waals surface area contributed by atoms with Crippen LogP contribution < -0.4 is 4.74 Å². The quantitative estimate of drug-likeness (QED) is 0.793. The third-order valence-corrected chi connectivity index (χ3v) is 2.05. The molecule has 0 fully saturated rings. The summed E-state index contributed by atoms with van der Waals surface area (Å²) in [5.41, 5.74) is -0.732. The zero-order valence-electron chi connectivity index (χ0n) is 8.61. The van der Waals surface area contributed by atoms with Crippen LogP contribution in [0.25, 0.3) is 0 Å². The molecule has 0 aliphatic heterocycles. The fourth-order valence-electron chi connectivity index (χ4n) is 1.28. The Hall–Kier alpha value is -2.04. The lowest BCUT2D eigenvalue weighted by Gasteiger charge is -2.09. The number of hydrogen-bond acceptors (Lipinski definition) is 2. The van der Waals surface area contributed by atoms with Crippen LogP contribution in [0.2, 0.25) is 0 Å². The normalized spacial score (nSPS) is 11.2. The van der Waals surface area contributed by atoms with E-state index in [2.05, 4.69) is 4.98 Å². The molecule has 0 N–H and O–H groups in total. The van der Waals surface area contributed by atoms with E-state index in [9.17, 15) is 13.2 Å². The molecule has 2 rings (SSSR count). The fourth-order valence-corrected chi connectivity index (χ4v) is 1.28. The Morgan fingerprint density at radius 3 is 2.29 bits per heavy atom. The van der Waals surface area contributed by atoms with Gasteiger partial charge in [-0.05, 0) is 30.3 Å². The standard InChI is InChI=1S/C12H8F3NO/c13-12(14,15)9-2-1-3-11(8-9)17-10-4-6-16-7-5-10/h1-8H. The summed E-state index contributed by atoms with van der Waals surface area (Å²) < 4.78 is 42.6. The van der Waals surface area contributed by atoms with Gasteiger partial charge >= 0.3 is 6.18 Å². The van der Waals surface area contributed by atoms with Gasteiger partial charge in [0.25, 0.3) is 0 Å². The van der Waals surface area contributed by atoms with Crippen molar-refractivity contribution in [2.45, 2.75) is 6.18 Å². The summed E-state index contributed by atoms with van der Waals surface area (Å²) in [6, 6.07) is 7.87. The summed E-state index contributed by atoms with van der Waals surface area (Å²) in [6.07, 6.45) is -1.36. The topological polar surface area (TPSA) is 22.1 Å². The highest BCUT2D eigenvalue weighted by Gasteiger charge is 2.30. The molecule has 2 nitrogen and oxygen atoms in total. The monoisotopic (exact) mass is 239 g/mol. The van der Waals surface area contributed by atoms with E-state index >= 15 is 0 Å². The Morgan fingerprint density at radius 2 is 1.65 bits per heavy atom. The molecule has 0 amide bonds. The predicted octanol–water partition coefficient (Wildman–Crippen LogP) is 3.89. The van der Waals surface area contributed by atoms with Gasteiger partial charge in [0.15, 0.2) is 0 Å². The molecule has 0 atom stereocenters. The second-order valence-electron chi connectivity index (χ2n) is 3.31. The van der Waals surface area contributed by atoms with Crippen LogP contribution in [0.1, 0.15) is 5.56 Å². The minimum absolute atomic E-state index is 0.144. The van der Waals surface area contributed by atoms with Gasteiger partial charge in [-0.2, -0.15) is 13.2 Å². The molecule has 17 heavy (non-hydrogen) atoms. The predicted molar refractivity (Wildman–Crippen MR) is 55.8 cm³/mol. The number of ether oxygens (including phenoxy) is 1. The molecule has 88 valence electrons. The summed E-state index contributed by atoms with van der Waals surface area (Å²) in [5.74, 6) is 0.588. The lowest BCUT2D eigenvalue weighted by molar-refractivity contribution is -0.137. The van der Waals surface area contributed by atoms with Crippen molar-refractivity contribution in [3.63, 3.8) is 0 Å². The van der Waals surface area contributed by atoms with Crippen LogP contribution in [0, 0.1) is 0 Å². The van der Waals surface area contributed by atoms with Crippen LogP contribution in [0.15, 0.2) is 48.8 Å². The van der Waals surface area contributed by atoms with Crippen LogP contribution in [0.4, 0.5) is 13.2 Å². The maximum absolute atomic E-state index is 12.4. The second kappa shape index (κ2) is 4.45. The number of pyridine rings is 1. The van der Waals surface area contributed by atoms with Gasteiger partial charge in [-0.3, -0.25) is 4.98 Å². The van der Waals surface area contributed by atoms with Crippen molar-refractivity contribution < 1.29 is 17.9 Å². The van der Waals surface area contributed by atoms with Gasteiger partial charge in [-0.15, -0.1) is 0 Å². The highest BCUT2D eigenvalue weighted by Crippen LogP contribution is 2.32. The van der Waals surface area contributed by atoms with Gasteiger partial charge in [0.1, 0.15) is 11.5 Å². The van der Waals surface area contributed by atoms with Crippen molar-refractivity contribution in [2.24, 2.45) is 0 Å². The van der Waals surface area contributed by atoms with Gasteiger partial charge in [-0.1, -0.05) is 6.07 Å². The molecule has 0 aliphatic carbocycles. The van der Waals surface area contributed by atoms with Gasteiger partial charge in [0, 0.05) is 12.4 Å². The minimum Gasteiger partial charge on any atom is -0.457 e. The SMILES string of the molecule is FC(F)(F)c1cccc(Oc2ccncc2)c1. The number of halogens is 3. The molecule has 0 aliphatic rings. The van der Waals surface area contributed by atoms with Crippen molar-refractivity contribution in [1.29, 1.82) is 0 Å². The summed E-state index contributed by atoms with van der Waals surface area (Å²) in [5, 5.41) is 0. The Bertz CT molecular complexity index is 497. The molecular weight excluding hydrogens is 231 g/mol. The van der Waals surface area contributed by atoms with E-state index in [4.69, 9.17) is 4.74 Å². The first-order valence-corrected chi connectivity index (χ1v) is 4.81. The van der Waals surface area contributed by atoms with Crippen LogP contribution in [0.5, 0.6) is 11.5 Å². The lowest BCUT2D eigenvalue weighted by Crippen LogP contribution is -2.04. The van der Waals surface area contributed by atoms with Crippen LogP contribution in [-0.4, -0.2) is 4.98 Å². The summed E-state index contributed by atoms with van der Waals surface area (Å²) >= 11 is 0. The Morgan fingerprint density at radius 1 is 0.941 bits per heavy atom. The largest absolute Gasteiger partial charge is 0.457 e. The van der Waals surface area contributed by atoms with Crippen LogP contribution in [0.3, 0.4) is 0 Å². The van der Waals surface area contributed by atoms with Gasteiger partial charge in [-0.25, -0.2) is 0 Å². The number of benzene rings is 1. The summed E-state index contributed by atoms with van der Waals surface area (Å²) in [6.45, 7) is 0. The first-order chi connectivity index (χ1) is 8.05. The molecule has 1 heterocycles. The number of nitrogens with zero attached hydrogens (tertiary/aromatic N) is 1. The molecule has 0 spiro atoms. The fraction of sp³-hybridized carbons (Fsp3) is 0.0833. The molecule has 5 heteroatoms. The van der Waals surface area contributed by atoms with Crippen LogP contribution >= 0.6 is 0 Å². The number of aromatic nitrogens is 1.